The van der Waals surface area contributed by atoms with Crippen LogP contribution in [0.15, 0.2) is 34.8 Å². The van der Waals surface area contributed by atoms with Crippen LogP contribution in [0.5, 0.6) is 11.5 Å². The second kappa shape index (κ2) is 9.52. The lowest BCUT2D eigenvalue weighted by molar-refractivity contribution is 0.280. The highest BCUT2D eigenvalue weighted by atomic mass is 79.9. The molecule has 0 aromatic heterocycles. The third-order valence-corrected chi connectivity index (χ3v) is 4.96. The number of hydrogen-bond donors (Lipinski definition) is 1. The van der Waals surface area contributed by atoms with Crippen LogP contribution >= 0.6 is 39.1 Å². The molecule has 0 bridgehead atoms. The van der Waals surface area contributed by atoms with Crippen LogP contribution in [0.4, 0.5) is 0 Å². The van der Waals surface area contributed by atoms with Crippen LogP contribution in [0.3, 0.4) is 0 Å². The molecule has 2 aromatic carbocycles. The van der Waals surface area contributed by atoms with E-state index in [9.17, 15) is 0 Å². The van der Waals surface area contributed by atoms with Gasteiger partial charge in [0.1, 0.15) is 6.61 Å². The Kier molecular flexibility index (Phi) is 7.69. The van der Waals surface area contributed by atoms with Gasteiger partial charge in [-0.25, -0.2) is 0 Å². The SMILES string of the molecule is CCCNCc1c(Br)ccc(OC)c1OCc1ccc(Cl)c(Cl)c1. The third kappa shape index (κ3) is 5.03. The molecule has 0 aliphatic rings. The van der Waals surface area contributed by atoms with E-state index in [1.807, 2.05) is 24.3 Å². The molecule has 0 amide bonds. The van der Waals surface area contributed by atoms with Crippen LogP contribution in [0.1, 0.15) is 24.5 Å². The number of hydrogen-bond acceptors (Lipinski definition) is 3. The Labute approximate surface area is 161 Å². The van der Waals surface area contributed by atoms with Crippen LogP contribution in [0.2, 0.25) is 10.0 Å². The summed E-state index contributed by atoms with van der Waals surface area (Å²) in [7, 11) is 1.64. The predicted molar refractivity (Wildman–Crippen MR) is 103 cm³/mol. The third-order valence-electron chi connectivity index (χ3n) is 3.48. The molecule has 0 aliphatic heterocycles. The Morgan fingerprint density at radius 1 is 1.12 bits per heavy atom. The lowest BCUT2D eigenvalue weighted by atomic mass is 10.1. The fourth-order valence-electron chi connectivity index (χ4n) is 2.24. The van der Waals surface area contributed by atoms with E-state index in [0.717, 1.165) is 34.3 Å². The van der Waals surface area contributed by atoms with Crippen molar-refractivity contribution >= 4 is 39.1 Å². The second-order valence-corrected chi connectivity index (χ2v) is 6.94. The van der Waals surface area contributed by atoms with E-state index in [2.05, 4.69) is 28.2 Å². The molecule has 0 radical (unpaired) electrons. The van der Waals surface area contributed by atoms with Crippen molar-refractivity contribution < 1.29 is 9.47 Å². The lowest BCUT2D eigenvalue weighted by Gasteiger charge is -2.17. The molecule has 0 saturated carbocycles. The van der Waals surface area contributed by atoms with Crippen LogP contribution in [0.25, 0.3) is 0 Å². The average molecular weight is 433 g/mol. The Morgan fingerprint density at radius 3 is 2.58 bits per heavy atom. The first-order chi connectivity index (χ1) is 11.6. The first-order valence-electron chi connectivity index (χ1n) is 7.69. The monoisotopic (exact) mass is 431 g/mol. The molecule has 6 heteroatoms. The van der Waals surface area contributed by atoms with Crippen LogP contribution < -0.4 is 14.8 Å². The van der Waals surface area contributed by atoms with Gasteiger partial charge in [-0.05, 0) is 42.8 Å². The van der Waals surface area contributed by atoms with Crippen molar-refractivity contribution in [1.29, 1.82) is 0 Å². The van der Waals surface area contributed by atoms with Gasteiger partial charge >= 0.3 is 0 Å². The van der Waals surface area contributed by atoms with Gasteiger partial charge in [0.05, 0.1) is 17.2 Å². The van der Waals surface area contributed by atoms with Gasteiger partial charge in [-0.15, -0.1) is 0 Å². The molecule has 0 fully saturated rings. The summed E-state index contributed by atoms with van der Waals surface area (Å²) in [6, 6.07) is 9.33. The number of benzene rings is 2. The molecule has 0 spiro atoms. The Balaban J connectivity index is 2.22. The fourth-order valence-corrected chi connectivity index (χ4v) is 3.01. The Bertz CT molecular complexity index is 695. The quantitative estimate of drug-likeness (QED) is 0.531. The zero-order valence-electron chi connectivity index (χ0n) is 13.7. The first-order valence-corrected chi connectivity index (χ1v) is 9.24. The number of methoxy groups -OCH3 is 1. The van der Waals surface area contributed by atoms with E-state index in [1.54, 1.807) is 13.2 Å². The molecular formula is C18H20BrCl2NO2. The van der Waals surface area contributed by atoms with Crippen molar-refractivity contribution in [2.24, 2.45) is 0 Å². The van der Waals surface area contributed by atoms with Gasteiger partial charge in [0, 0.05) is 16.6 Å². The van der Waals surface area contributed by atoms with Gasteiger partial charge in [-0.1, -0.05) is 52.1 Å². The van der Waals surface area contributed by atoms with E-state index in [0.29, 0.717) is 28.9 Å². The normalized spacial score (nSPS) is 10.7. The molecule has 0 saturated heterocycles. The largest absolute Gasteiger partial charge is 0.493 e. The summed E-state index contributed by atoms with van der Waals surface area (Å²) in [6.07, 6.45) is 1.07. The van der Waals surface area contributed by atoms with Crippen LogP contribution in [0, 0.1) is 0 Å². The van der Waals surface area contributed by atoms with Crippen molar-refractivity contribution in [3.05, 3.63) is 56.0 Å². The first kappa shape index (κ1) is 19.4. The second-order valence-electron chi connectivity index (χ2n) is 5.27. The summed E-state index contributed by atoms with van der Waals surface area (Å²) < 4.78 is 12.5. The summed E-state index contributed by atoms with van der Waals surface area (Å²) >= 11 is 15.6. The standard InChI is InChI=1S/C18H20BrCl2NO2/c1-3-8-22-10-13-14(19)5-7-17(23-2)18(13)24-11-12-4-6-15(20)16(21)9-12/h4-7,9,22H,3,8,10-11H2,1-2H3. The van der Waals surface area contributed by atoms with Gasteiger partial charge in [-0.2, -0.15) is 0 Å². The Hall–Kier alpha value is -0.940. The van der Waals surface area contributed by atoms with Crippen molar-refractivity contribution in [2.75, 3.05) is 13.7 Å². The fraction of sp³-hybridized carbons (Fsp3) is 0.333. The lowest BCUT2D eigenvalue weighted by Crippen LogP contribution is -2.15. The van der Waals surface area contributed by atoms with Crippen LogP contribution in [-0.4, -0.2) is 13.7 Å². The van der Waals surface area contributed by atoms with Crippen molar-refractivity contribution in [3.63, 3.8) is 0 Å². The molecule has 0 unspecified atom stereocenters. The molecular weight excluding hydrogens is 413 g/mol. The summed E-state index contributed by atoms with van der Waals surface area (Å²) in [4.78, 5) is 0. The molecule has 0 atom stereocenters. The molecule has 130 valence electrons. The highest BCUT2D eigenvalue weighted by Gasteiger charge is 2.15. The van der Waals surface area contributed by atoms with Gasteiger partial charge < -0.3 is 14.8 Å². The van der Waals surface area contributed by atoms with Gasteiger partial charge in [-0.3, -0.25) is 0 Å². The summed E-state index contributed by atoms with van der Waals surface area (Å²) in [5.41, 5.74) is 1.97. The van der Waals surface area contributed by atoms with E-state index in [-0.39, 0.29) is 0 Å². The minimum Gasteiger partial charge on any atom is -0.493 e. The number of nitrogens with one attached hydrogen (secondary N) is 1. The highest BCUT2D eigenvalue weighted by Crippen LogP contribution is 2.37. The Morgan fingerprint density at radius 2 is 1.92 bits per heavy atom. The summed E-state index contributed by atoms with van der Waals surface area (Å²) in [5.74, 6) is 1.42. The number of halogens is 3. The van der Waals surface area contributed by atoms with E-state index in [1.165, 1.54) is 0 Å². The maximum absolute atomic E-state index is 6.07. The van der Waals surface area contributed by atoms with Crippen LogP contribution in [-0.2, 0) is 13.2 Å². The van der Waals surface area contributed by atoms with E-state index < -0.39 is 0 Å². The molecule has 0 heterocycles. The minimum atomic E-state index is 0.379. The average Bonchev–Trinajstić information content (AvgIpc) is 2.58. The minimum absolute atomic E-state index is 0.379. The van der Waals surface area contributed by atoms with Gasteiger partial charge in [0.2, 0.25) is 0 Å². The van der Waals surface area contributed by atoms with Crippen molar-refractivity contribution in [3.8, 4) is 11.5 Å². The molecule has 24 heavy (non-hydrogen) atoms. The van der Waals surface area contributed by atoms with Gasteiger partial charge in [0.25, 0.3) is 0 Å². The van der Waals surface area contributed by atoms with Crippen molar-refractivity contribution in [1.82, 2.24) is 5.32 Å². The number of ether oxygens (including phenoxy) is 2. The smallest absolute Gasteiger partial charge is 0.167 e. The predicted octanol–water partition coefficient (Wildman–Crippen LogP) is 5.84. The van der Waals surface area contributed by atoms with Gasteiger partial charge in [0.15, 0.2) is 11.5 Å². The van der Waals surface area contributed by atoms with E-state index >= 15 is 0 Å². The zero-order chi connectivity index (χ0) is 17.5. The zero-order valence-corrected chi connectivity index (χ0v) is 16.8. The highest BCUT2D eigenvalue weighted by molar-refractivity contribution is 9.10. The van der Waals surface area contributed by atoms with E-state index in [4.69, 9.17) is 32.7 Å². The maximum atomic E-state index is 6.07. The summed E-state index contributed by atoms with van der Waals surface area (Å²) in [6.45, 7) is 4.15. The molecule has 0 aliphatic carbocycles. The topological polar surface area (TPSA) is 30.5 Å². The summed E-state index contributed by atoms with van der Waals surface area (Å²) in [5, 5.41) is 4.44. The molecule has 2 aromatic rings. The molecule has 3 nitrogen and oxygen atoms in total. The molecule has 2 rings (SSSR count). The van der Waals surface area contributed by atoms with Crippen molar-refractivity contribution in [2.45, 2.75) is 26.5 Å². The molecule has 1 N–H and O–H groups in total. The maximum Gasteiger partial charge on any atom is 0.167 e. The number of rotatable bonds is 8.